The van der Waals surface area contributed by atoms with Crippen molar-refractivity contribution in [3.8, 4) is 0 Å². The summed E-state index contributed by atoms with van der Waals surface area (Å²) in [5, 5.41) is 9.13. The summed E-state index contributed by atoms with van der Waals surface area (Å²) >= 11 is 0. The fraction of sp³-hybridized carbons (Fsp3) is 0.455. The molecule has 0 aliphatic carbocycles. The molecule has 3 N–H and O–H groups in total. The molecule has 5 heteroatoms. The SMILES string of the molecule is CC(O)C[C@](N)(c1ccccc1)C(F)(F)F. The van der Waals surface area contributed by atoms with Crippen LogP contribution in [0.5, 0.6) is 0 Å². The normalized spacial score (nSPS) is 17.9. The maximum atomic E-state index is 12.9. The van der Waals surface area contributed by atoms with Gasteiger partial charge in [-0.05, 0) is 12.5 Å². The van der Waals surface area contributed by atoms with Crippen molar-refractivity contribution in [2.45, 2.75) is 31.2 Å². The van der Waals surface area contributed by atoms with Crippen LogP contribution in [0.4, 0.5) is 13.2 Å². The minimum Gasteiger partial charge on any atom is -0.393 e. The van der Waals surface area contributed by atoms with E-state index in [1.807, 2.05) is 0 Å². The number of alkyl halides is 3. The molecule has 0 radical (unpaired) electrons. The average Bonchev–Trinajstić information content (AvgIpc) is 2.16. The van der Waals surface area contributed by atoms with Crippen molar-refractivity contribution in [1.82, 2.24) is 0 Å². The zero-order chi connectivity index (χ0) is 12.4. The lowest BCUT2D eigenvalue weighted by Gasteiger charge is -2.33. The predicted molar refractivity (Wildman–Crippen MR) is 54.7 cm³/mol. The van der Waals surface area contributed by atoms with Crippen LogP contribution in [0, 0.1) is 0 Å². The quantitative estimate of drug-likeness (QED) is 0.840. The molecule has 16 heavy (non-hydrogen) atoms. The van der Waals surface area contributed by atoms with E-state index in [9.17, 15) is 13.2 Å². The van der Waals surface area contributed by atoms with Crippen molar-refractivity contribution >= 4 is 0 Å². The zero-order valence-corrected chi connectivity index (χ0v) is 8.83. The minimum atomic E-state index is -4.59. The predicted octanol–water partition coefficient (Wildman–Crippen LogP) is 2.17. The van der Waals surface area contributed by atoms with Crippen LogP contribution in [-0.4, -0.2) is 17.4 Å². The maximum Gasteiger partial charge on any atom is 0.410 e. The van der Waals surface area contributed by atoms with Crippen LogP contribution in [0.25, 0.3) is 0 Å². The molecule has 1 rings (SSSR count). The largest absolute Gasteiger partial charge is 0.410 e. The molecule has 0 fully saturated rings. The number of nitrogens with two attached hydrogens (primary N) is 1. The Morgan fingerprint density at radius 2 is 1.75 bits per heavy atom. The van der Waals surface area contributed by atoms with Gasteiger partial charge in [0.25, 0.3) is 0 Å². The molecule has 90 valence electrons. The number of benzene rings is 1. The Morgan fingerprint density at radius 3 is 2.12 bits per heavy atom. The van der Waals surface area contributed by atoms with E-state index in [1.54, 1.807) is 6.07 Å². The molecular formula is C11H14F3NO. The van der Waals surface area contributed by atoms with Gasteiger partial charge in [-0.25, -0.2) is 0 Å². The second kappa shape index (κ2) is 4.43. The topological polar surface area (TPSA) is 46.2 Å². The lowest BCUT2D eigenvalue weighted by atomic mass is 9.85. The summed E-state index contributed by atoms with van der Waals surface area (Å²) in [5.41, 5.74) is 2.88. The van der Waals surface area contributed by atoms with Gasteiger partial charge in [0.15, 0.2) is 0 Å². The summed E-state index contributed by atoms with van der Waals surface area (Å²) in [5.74, 6) is 0. The van der Waals surface area contributed by atoms with Gasteiger partial charge in [-0.3, -0.25) is 0 Å². The highest BCUT2D eigenvalue weighted by Crippen LogP contribution is 2.40. The molecule has 0 bridgehead atoms. The van der Waals surface area contributed by atoms with Gasteiger partial charge < -0.3 is 10.8 Å². The Balaban J connectivity index is 3.16. The first-order valence-electron chi connectivity index (χ1n) is 4.86. The number of aliphatic hydroxyl groups is 1. The molecule has 1 unspecified atom stereocenters. The smallest absolute Gasteiger partial charge is 0.393 e. The van der Waals surface area contributed by atoms with Crippen LogP contribution in [0.15, 0.2) is 30.3 Å². The van der Waals surface area contributed by atoms with Crippen molar-refractivity contribution in [3.63, 3.8) is 0 Å². The Bertz CT molecular complexity index is 337. The third-order valence-corrected chi connectivity index (χ3v) is 2.41. The number of hydrogen-bond acceptors (Lipinski definition) is 2. The zero-order valence-electron chi connectivity index (χ0n) is 8.83. The minimum absolute atomic E-state index is 0.0385. The Labute approximate surface area is 91.9 Å². The molecule has 0 saturated heterocycles. The first-order chi connectivity index (χ1) is 7.27. The third kappa shape index (κ3) is 2.54. The number of halogens is 3. The Morgan fingerprint density at radius 1 is 1.25 bits per heavy atom. The summed E-state index contributed by atoms with van der Waals surface area (Å²) in [6.45, 7) is 1.29. The van der Waals surface area contributed by atoms with E-state index in [1.165, 1.54) is 31.2 Å². The van der Waals surface area contributed by atoms with Gasteiger partial charge in [0.1, 0.15) is 5.54 Å². The lowest BCUT2D eigenvalue weighted by molar-refractivity contribution is -0.197. The number of rotatable bonds is 3. The van der Waals surface area contributed by atoms with E-state index < -0.39 is 24.2 Å². The van der Waals surface area contributed by atoms with Gasteiger partial charge in [-0.2, -0.15) is 13.2 Å². The standard InChI is InChI=1S/C11H14F3NO/c1-8(16)7-10(15,11(12,13)14)9-5-3-2-4-6-9/h2-6,8,16H,7,15H2,1H3/t8?,10-/m0/s1. The highest BCUT2D eigenvalue weighted by atomic mass is 19.4. The molecule has 0 aliphatic heterocycles. The molecule has 0 amide bonds. The fourth-order valence-electron chi connectivity index (χ4n) is 1.60. The van der Waals surface area contributed by atoms with Crippen LogP contribution in [0.1, 0.15) is 18.9 Å². The van der Waals surface area contributed by atoms with Gasteiger partial charge in [-0.15, -0.1) is 0 Å². The van der Waals surface area contributed by atoms with Crippen LogP contribution in [-0.2, 0) is 5.54 Å². The lowest BCUT2D eigenvalue weighted by Crippen LogP contribution is -2.52. The van der Waals surface area contributed by atoms with Crippen LogP contribution < -0.4 is 5.73 Å². The number of hydrogen-bond donors (Lipinski definition) is 2. The van der Waals surface area contributed by atoms with E-state index in [4.69, 9.17) is 10.8 Å². The van der Waals surface area contributed by atoms with E-state index in [-0.39, 0.29) is 5.56 Å². The summed E-state index contributed by atoms with van der Waals surface area (Å²) in [6, 6.07) is 7.23. The van der Waals surface area contributed by atoms with Crippen molar-refractivity contribution in [1.29, 1.82) is 0 Å². The molecule has 1 aromatic carbocycles. The van der Waals surface area contributed by atoms with Crippen molar-refractivity contribution < 1.29 is 18.3 Å². The van der Waals surface area contributed by atoms with Crippen molar-refractivity contribution in [2.75, 3.05) is 0 Å². The van der Waals surface area contributed by atoms with E-state index in [0.717, 1.165) is 0 Å². The highest BCUT2D eigenvalue weighted by molar-refractivity contribution is 5.26. The third-order valence-electron chi connectivity index (χ3n) is 2.41. The van der Waals surface area contributed by atoms with Gasteiger partial charge >= 0.3 is 6.18 Å². The highest BCUT2D eigenvalue weighted by Gasteiger charge is 2.53. The molecule has 0 heterocycles. The first kappa shape index (κ1) is 13.0. The molecule has 2 atom stereocenters. The average molecular weight is 233 g/mol. The Kier molecular flexibility index (Phi) is 3.60. The summed E-state index contributed by atoms with van der Waals surface area (Å²) in [6.07, 6.45) is -6.27. The summed E-state index contributed by atoms with van der Waals surface area (Å²) < 4.78 is 38.7. The first-order valence-corrected chi connectivity index (χ1v) is 4.86. The monoisotopic (exact) mass is 233 g/mol. The second-order valence-electron chi connectivity index (χ2n) is 3.89. The van der Waals surface area contributed by atoms with Gasteiger partial charge in [0, 0.05) is 6.42 Å². The maximum absolute atomic E-state index is 12.9. The van der Waals surface area contributed by atoms with E-state index in [2.05, 4.69) is 0 Å². The molecule has 0 aromatic heterocycles. The van der Waals surface area contributed by atoms with Crippen molar-refractivity contribution in [2.24, 2.45) is 5.73 Å². The van der Waals surface area contributed by atoms with Crippen molar-refractivity contribution in [3.05, 3.63) is 35.9 Å². The van der Waals surface area contributed by atoms with Gasteiger partial charge in [0.05, 0.1) is 6.10 Å². The van der Waals surface area contributed by atoms with Gasteiger partial charge in [0.2, 0.25) is 0 Å². The van der Waals surface area contributed by atoms with Crippen LogP contribution >= 0.6 is 0 Å². The fourth-order valence-corrected chi connectivity index (χ4v) is 1.60. The van der Waals surface area contributed by atoms with Crippen LogP contribution in [0.3, 0.4) is 0 Å². The molecule has 1 aromatic rings. The molecule has 2 nitrogen and oxygen atoms in total. The number of aliphatic hydroxyl groups excluding tert-OH is 1. The van der Waals surface area contributed by atoms with Gasteiger partial charge in [-0.1, -0.05) is 30.3 Å². The second-order valence-corrected chi connectivity index (χ2v) is 3.89. The van der Waals surface area contributed by atoms with E-state index in [0.29, 0.717) is 0 Å². The van der Waals surface area contributed by atoms with Crippen LogP contribution in [0.2, 0.25) is 0 Å². The summed E-state index contributed by atoms with van der Waals surface area (Å²) in [7, 11) is 0. The summed E-state index contributed by atoms with van der Waals surface area (Å²) in [4.78, 5) is 0. The molecule has 0 aliphatic rings. The molecule has 0 spiro atoms. The molecular weight excluding hydrogens is 219 g/mol. The molecule has 0 saturated carbocycles. The van der Waals surface area contributed by atoms with E-state index >= 15 is 0 Å². The Hall–Kier alpha value is -1.07.